The monoisotopic (exact) mass is 699 g/mol. The van der Waals surface area contributed by atoms with Gasteiger partial charge in [0.05, 0.1) is 5.69 Å². The van der Waals surface area contributed by atoms with Crippen LogP contribution in [0.5, 0.6) is 0 Å². The molecule has 0 saturated carbocycles. The lowest BCUT2D eigenvalue weighted by atomic mass is 9.87. The molecule has 0 spiro atoms. The van der Waals surface area contributed by atoms with E-state index in [1.807, 2.05) is 0 Å². The van der Waals surface area contributed by atoms with Crippen molar-refractivity contribution in [2.75, 3.05) is 4.90 Å². The van der Waals surface area contributed by atoms with Gasteiger partial charge in [-0.25, -0.2) is 0 Å². The molecule has 0 fully saturated rings. The Bertz CT molecular complexity index is 2950. The van der Waals surface area contributed by atoms with E-state index in [0.29, 0.717) is 0 Å². The normalized spacial score (nSPS) is 11.3. The molecule has 0 saturated heterocycles. The van der Waals surface area contributed by atoms with Crippen molar-refractivity contribution in [2.24, 2.45) is 0 Å². The van der Waals surface area contributed by atoms with E-state index in [1.54, 1.807) is 0 Å². The largest absolute Gasteiger partial charge is 0.310 e. The molecule has 0 unspecified atom stereocenters. The summed E-state index contributed by atoms with van der Waals surface area (Å²) in [5.41, 5.74) is 12.9. The highest BCUT2D eigenvalue weighted by atomic mass is 15.1. The Kier molecular flexibility index (Phi) is 8.24. The quantitative estimate of drug-likeness (QED) is 0.150. The Balaban J connectivity index is 1.22. The van der Waals surface area contributed by atoms with E-state index in [-0.39, 0.29) is 0 Å². The van der Waals surface area contributed by atoms with Crippen LogP contribution in [0.2, 0.25) is 0 Å². The fourth-order valence-electron chi connectivity index (χ4n) is 8.16. The summed E-state index contributed by atoms with van der Waals surface area (Å²) in [5, 5.41) is 7.47. The van der Waals surface area contributed by atoms with Gasteiger partial charge in [0, 0.05) is 16.9 Å². The molecule has 1 heteroatoms. The van der Waals surface area contributed by atoms with Crippen LogP contribution < -0.4 is 4.90 Å². The molecular formula is C54H37N. The maximum Gasteiger partial charge on any atom is 0.0546 e. The summed E-state index contributed by atoms with van der Waals surface area (Å²) in [7, 11) is 0. The lowest BCUT2D eigenvalue weighted by Crippen LogP contribution is -2.12. The van der Waals surface area contributed by atoms with Crippen LogP contribution in [0.15, 0.2) is 224 Å². The standard InChI is InChI=1S/C54H37N/c1-3-14-38(15-4-1)40-28-32-46(33-29-40)55(47-34-30-41(31-35-47)44-27-26-39-16-7-8-19-43(39)36-44)53-25-13-24-49(42-17-5-2-6-18-42)54(53)52-37-45-20-9-10-21-48(45)50-22-11-12-23-51(50)52/h1-37H. The molecule has 0 aliphatic carbocycles. The van der Waals surface area contributed by atoms with Crippen LogP contribution in [0.1, 0.15) is 0 Å². The first-order chi connectivity index (χ1) is 27.3. The number of benzene rings is 10. The van der Waals surface area contributed by atoms with Crippen molar-refractivity contribution >= 4 is 49.4 Å². The first kappa shape index (κ1) is 32.4. The van der Waals surface area contributed by atoms with Gasteiger partial charge >= 0.3 is 0 Å². The molecule has 0 atom stereocenters. The van der Waals surface area contributed by atoms with Gasteiger partial charge in [0.15, 0.2) is 0 Å². The SMILES string of the molecule is c1ccc(-c2ccc(N(c3ccc(-c4ccc5ccccc5c4)cc3)c3cccc(-c4ccccc4)c3-c3cc4ccccc4c4ccccc34)cc2)cc1. The molecule has 258 valence electrons. The molecule has 10 rings (SSSR count). The molecule has 0 amide bonds. The zero-order valence-electron chi connectivity index (χ0n) is 30.3. The molecule has 10 aromatic carbocycles. The first-order valence-corrected chi connectivity index (χ1v) is 18.9. The summed E-state index contributed by atoms with van der Waals surface area (Å²) in [6.45, 7) is 0. The summed E-state index contributed by atoms with van der Waals surface area (Å²) >= 11 is 0. The zero-order valence-corrected chi connectivity index (χ0v) is 30.3. The van der Waals surface area contributed by atoms with Crippen molar-refractivity contribution in [3.8, 4) is 44.5 Å². The van der Waals surface area contributed by atoms with Crippen molar-refractivity contribution in [3.05, 3.63) is 224 Å². The second-order valence-electron chi connectivity index (χ2n) is 14.1. The lowest BCUT2D eigenvalue weighted by Gasteiger charge is -2.30. The minimum atomic E-state index is 1.09. The van der Waals surface area contributed by atoms with Crippen LogP contribution in [0.3, 0.4) is 0 Å². The number of anilines is 3. The van der Waals surface area contributed by atoms with Crippen molar-refractivity contribution in [3.63, 3.8) is 0 Å². The molecule has 0 bridgehead atoms. The Hall–Kier alpha value is -7.22. The van der Waals surface area contributed by atoms with Gasteiger partial charge in [-0.2, -0.15) is 0 Å². The van der Waals surface area contributed by atoms with Crippen LogP contribution in [0.4, 0.5) is 17.1 Å². The number of nitrogens with zero attached hydrogens (tertiary/aromatic N) is 1. The Morgan fingerprint density at radius 2 is 0.764 bits per heavy atom. The van der Waals surface area contributed by atoms with Gasteiger partial charge in [-0.3, -0.25) is 0 Å². The summed E-state index contributed by atoms with van der Waals surface area (Å²) in [5.74, 6) is 0. The fourth-order valence-corrected chi connectivity index (χ4v) is 8.16. The van der Waals surface area contributed by atoms with E-state index in [9.17, 15) is 0 Å². The molecule has 55 heavy (non-hydrogen) atoms. The number of hydrogen-bond acceptors (Lipinski definition) is 1. The van der Waals surface area contributed by atoms with Crippen molar-refractivity contribution < 1.29 is 0 Å². The van der Waals surface area contributed by atoms with Crippen LogP contribution in [0.25, 0.3) is 76.8 Å². The van der Waals surface area contributed by atoms with E-state index >= 15 is 0 Å². The highest BCUT2D eigenvalue weighted by Gasteiger charge is 2.23. The predicted octanol–water partition coefficient (Wildman–Crippen LogP) is 15.3. The van der Waals surface area contributed by atoms with Crippen molar-refractivity contribution in [1.29, 1.82) is 0 Å². The maximum absolute atomic E-state index is 2.44. The molecule has 0 N–H and O–H groups in total. The van der Waals surface area contributed by atoms with Gasteiger partial charge in [-0.15, -0.1) is 0 Å². The topological polar surface area (TPSA) is 3.24 Å². The average molecular weight is 700 g/mol. The van der Waals surface area contributed by atoms with Gasteiger partial charge in [0.25, 0.3) is 0 Å². The molecular weight excluding hydrogens is 663 g/mol. The fraction of sp³-hybridized carbons (Fsp3) is 0. The minimum Gasteiger partial charge on any atom is -0.310 e. The van der Waals surface area contributed by atoms with Gasteiger partial charge in [0.1, 0.15) is 0 Å². The third-order valence-electron chi connectivity index (χ3n) is 10.8. The molecule has 0 aromatic heterocycles. The summed E-state index contributed by atoms with van der Waals surface area (Å²) in [6.07, 6.45) is 0. The van der Waals surface area contributed by atoms with E-state index in [1.165, 1.54) is 76.8 Å². The molecule has 1 nitrogen and oxygen atoms in total. The molecule has 0 aliphatic heterocycles. The highest BCUT2D eigenvalue weighted by molar-refractivity contribution is 6.16. The summed E-state index contributed by atoms with van der Waals surface area (Å²) in [4.78, 5) is 2.44. The number of fused-ring (bicyclic) bond motifs is 4. The smallest absolute Gasteiger partial charge is 0.0546 e. The van der Waals surface area contributed by atoms with Crippen LogP contribution in [-0.2, 0) is 0 Å². The second-order valence-corrected chi connectivity index (χ2v) is 14.1. The Labute approximate surface area is 322 Å². The van der Waals surface area contributed by atoms with Gasteiger partial charge in [-0.1, -0.05) is 182 Å². The molecule has 0 aliphatic rings. The third-order valence-corrected chi connectivity index (χ3v) is 10.8. The van der Waals surface area contributed by atoms with E-state index in [2.05, 4.69) is 229 Å². The van der Waals surface area contributed by atoms with Gasteiger partial charge < -0.3 is 4.90 Å². The zero-order chi connectivity index (χ0) is 36.6. The molecule has 0 radical (unpaired) electrons. The second kappa shape index (κ2) is 14.0. The lowest BCUT2D eigenvalue weighted by molar-refractivity contribution is 1.28. The predicted molar refractivity (Wildman–Crippen MR) is 235 cm³/mol. The van der Waals surface area contributed by atoms with Gasteiger partial charge in [-0.05, 0) is 114 Å². The van der Waals surface area contributed by atoms with Gasteiger partial charge in [0.2, 0.25) is 0 Å². The maximum atomic E-state index is 2.44. The van der Waals surface area contributed by atoms with E-state index in [4.69, 9.17) is 0 Å². The van der Waals surface area contributed by atoms with Crippen LogP contribution in [0, 0.1) is 0 Å². The molecule has 0 heterocycles. The highest BCUT2D eigenvalue weighted by Crippen LogP contribution is 2.48. The summed E-state index contributed by atoms with van der Waals surface area (Å²) in [6, 6.07) is 81.6. The van der Waals surface area contributed by atoms with E-state index < -0.39 is 0 Å². The van der Waals surface area contributed by atoms with Crippen molar-refractivity contribution in [1.82, 2.24) is 0 Å². The van der Waals surface area contributed by atoms with Crippen molar-refractivity contribution in [2.45, 2.75) is 0 Å². The average Bonchev–Trinajstić information content (AvgIpc) is 3.27. The minimum absolute atomic E-state index is 1.09. The van der Waals surface area contributed by atoms with Crippen LogP contribution in [-0.4, -0.2) is 0 Å². The Morgan fingerprint density at radius 3 is 1.45 bits per heavy atom. The molecule has 10 aromatic rings. The summed E-state index contributed by atoms with van der Waals surface area (Å²) < 4.78 is 0. The third kappa shape index (κ3) is 6.02. The van der Waals surface area contributed by atoms with Crippen LogP contribution >= 0.6 is 0 Å². The Morgan fingerprint density at radius 1 is 0.255 bits per heavy atom. The first-order valence-electron chi connectivity index (χ1n) is 18.9. The number of hydrogen-bond donors (Lipinski definition) is 0. The van der Waals surface area contributed by atoms with E-state index in [0.717, 1.165) is 17.1 Å². The number of rotatable bonds is 7.